The molecular formula is C23H20N4O4. The van der Waals surface area contributed by atoms with E-state index in [0.717, 1.165) is 4.57 Å². The number of carbonyl (C=O) groups excluding carboxylic acids is 1. The van der Waals surface area contributed by atoms with E-state index in [1.807, 2.05) is 12.1 Å². The maximum Gasteiger partial charge on any atom is 0.333 e. The number of rotatable bonds is 6. The fourth-order valence-electron chi connectivity index (χ4n) is 3.40. The number of benzene rings is 2. The van der Waals surface area contributed by atoms with E-state index in [0.29, 0.717) is 17.0 Å². The molecule has 0 bridgehead atoms. The molecule has 2 aromatic carbocycles. The van der Waals surface area contributed by atoms with Crippen molar-refractivity contribution in [3.8, 4) is 5.75 Å². The van der Waals surface area contributed by atoms with Gasteiger partial charge in [-0.25, -0.2) is 9.78 Å². The van der Waals surface area contributed by atoms with E-state index >= 15 is 0 Å². The smallest absolute Gasteiger partial charge is 0.333 e. The van der Waals surface area contributed by atoms with Gasteiger partial charge in [0.2, 0.25) is 5.91 Å². The van der Waals surface area contributed by atoms with Crippen molar-refractivity contribution in [3.05, 3.63) is 99.3 Å². The van der Waals surface area contributed by atoms with Gasteiger partial charge in [-0.2, -0.15) is 0 Å². The van der Waals surface area contributed by atoms with E-state index in [9.17, 15) is 14.4 Å². The van der Waals surface area contributed by atoms with Gasteiger partial charge in [-0.1, -0.05) is 36.4 Å². The highest BCUT2D eigenvalue weighted by Crippen LogP contribution is 2.17. The maximum absolute atomic E-state index is 13.3. The number of amides is 1. The first-order valence-corrected chi connectivity index (χ1v) is 9.63. The zero-order valence-electron chi connectivity index (χ0n) is 16.8. The Morgan fingerprint density at radius 1 is 0.968 bits per heavy atom. The van der Waals surface area contributed by atoms with Gasteiger partial charge in [0.05, 0.1) is 19.0 Å². The van der Waals surface area contributed by atoms with Crippen LogP contribution in [0.2, 0.25) is 0 Å². The Kier molecular flexibility index (Phi) is 5.61. The molecule has 0 aliphatic carbocycles. The van der Waals surface area contributed by atoms with Crippen molar-refractivity contribution >= 4 is 22.6 Å². The lowest BCUT2D eigenvalue weighted by molar-refractivity contribution is -0.116. The van der Waals surface area contributed by atoms with Gasteiger partial charge < -0.3 is 10.1 Å². The van der Waals surface area contributed by atoms with Crippen molar-refractivity contribution in [3.63, 3.8) is 0 Å². The largest absolute Gasteiger partial charge is 0.496 e. The molecule has 2 aromatic heterocycles. The van der Waals surface area contributed by atoms with Crippen LogP contribution >= 0.6 is 0 Å². The third-order valence-electron chi connectivity index (χ3n) is 4.86. The van der Waals surface area contributed by atoms with E-state index < -0.39 is 17.2 Å². The molecule has 0 aliphatic rings. The predicted molar refractivity (Wildman–Crippen MR) is 117 cm³/mol. The van der Waals surface area contributed by atoms with Gasteiger partial charge in [0, 0.05) is 17.4 Å². The molecule has 1 amide bonds. The van der Waals surface area contributed by atoms with E-state index in [-0.39, 0.29) is 24.1 Å². The molecule has 4 rings (SSSR count). The fraction of sp³-hybridized carbons (Fsp3) is 0.130. The standard InChI is InChI=1S/C23H20N4O4/c1-31-19-12-6-5-8-16(19)14-27-22(29)18-11-7-13-24-21(18)26(23(27)30)15-20(28)25-17-9-3-2-4-10-17/h2-13H,14-15H2,1H3,(H,25,28). The molecule has 0 saturated heterocycles. The first-order chi connectivity index (χ1) is 15.1. The molecule has 0 fully saturated rings. The number of pyridine rings is 1. The lowest BCUT2D eigenvalue weighted by atomic mass is 10.2. The number of para-hydroxylation sites is 2. The zero-order valence-corrected chi connectivity index (χ0v) is 16.8. The Morgan fingerprint density at radius 2 is 1.71 bits per heavy atom. The fourth-order valence-corrected chi connectivity index (χ4v) is 3.40. The first kappa shape index (κ1) is 20.1. The summed E-state index contributed by atoms with van der Waals surface area (Å²) in [6.07, 6.45) is 1.48. The third kappa shape index (κ3) is 4.09. The predicted octanol–water partition coefficient (Wildman–Crippen LogP) is 2.25. The zero-order chi connectivity index (χ0) is 21.8. The van der Waals surface area contributed by atoms with Crippen molar-refractivity contribution in [2.75, 3.05) is 12.4 Å². The Morgan fingerprint density at radius 3 is 2.48 bits per heavy atom. The highest BCUT2D eigenvalue weighted by molar-refractivity contribution is 5.91. The lowest BCUT2D eigenvalue weighted by Crippen LogP contribution is -2.42. The lowest BCUT2D eigenvalue weighted by Gasteiger charge is -2.14. The summed E-state index contributed by atoms with van der Waals surface area (Å²) >= 11 is 0. The number of methoxy groups -OCH3 is 1. The van der Waals surface area contributed by atoms with E-state index in [4.69, 9.17) is 4.74 Å². The second kappa shape index (κ2) is 8.66. The SMILES string of the molecule is COc1ccccc1Cn1c(=O)c2cccnc2n(CC(=O)Nc2ccccc2)c1=O. The quantitative estimate of drug-likeness (QED) is 0.520. The van der Waals surface area contributed by atoms with Crippen molar-refractivity contribution in [2.24, 2.45) is 0 Å². The van der Waals surface area contributed by atoms with Crippen LogP contribution in [0.25, 0.3) is 11.0 Å². The summed E-state index contributed by atoms with van der Waals surface area (Å²) in [7, 11) is 1.53. The number of anilines is 1. The van der Waals surface area contributed by atoms with Crippen LogP contribution in [0, 0.1) is 0 Å². The Hall–Kier alpha value is -4.20. The summed E-state index contributed by atoms with van der Waals surface area (Å²) in [5.41, 5.74) is 0.355. The van der Waals surface area contributed by atoms with Crippen LogP contribution in [-0.4, -0.2) is 27.1 Å². The molecule has 1 N–H and O–H groups in total. The highest BCUT2D eigenvalue weighted by atomic mass is 16.5. The Bertz CT molecular complexity index is 1360. The molecule has 2 heterocycles. The summed E-state index contributed by atoms with van der Waals surface area (Å²) in [4.78, 5) is 43.1. The average Bonchev–Trinajstić information content (AvgIpc) is 2.80. The highest BCUT2D eigenvalue weighted by Gasteiger charge is 2.17. The summed E-state index contributed by atoms with van der Waals surface area (Å²) in [5.74, 6) is 0.163. The van der Waals surface area contributed by atoms with Crippen LogP contribution in [0.1, 0.15) is 5.56 Å². The van der Waals surface area contributed by atoms with Crippen molar-refractivity contribution < 1.29 is 9.53 Å². The molecule has 31 heavy (non-hydrogen) atoms. The molecule has 156 valence electrons. The first-order valence-electron chi connectivity index (χ1n) is 9.63. The number of nitrogens with zero attached hydrogens (tertiary/aromatic N) is 3. The average molecular weight is 416 g/mol. The summed E-state index contributed by atoms with van der Waals surface area (Å²) in [5, 5.41) is 3.00. The number of fused-ring (bicyclic) bond motifs is 1. The molecule has 0 radical (unpaired) electrons. The van der Waals surface area contributed by atoms with Gasteiger partial charge >= 0.3 is 5.69 Å². The van der Waals surface area contributed by atoms with Gasteiger partial charge in [-0.15, -0.1) is 0 Å². The second-order valence-corrected chi connectivity index (χ2v) is 6.86. The third-order valence-corrected chi connectivity index (χ3v) is 4.86. The molecule has 8 heteroatoms. The summed E-state index contributed by atoms with van der Waals surface area (Å²) < 4.78 is 7.65. The van der Waals surface area contributed by atoms with Gasteiger partial charge in [-0.05, 0) is 30.3 Å². The van der Waals surface area contributed by atoms with E-state index in [1.165, 1.54) is 17.9 Å². The molecular weight excluding hydrogens is 396 g/mol. The normalized spacial score (nSPS) is 10.7. The molecule has 8 nitrogen and oxygen atoms in total. The number of hydrogen-bond donors (Lipinski definition) is 1. The monoisotopic (exact) mass is 416 g/mol. The number of nitrogens with one attached hydrogen (secondary N) is 1. The Labute approximate surface area is 177 Å². The molecule has 4 aromatic rings. The minimum absolute atomic E-state index is 0.00676. The topological polar surface area (TPSA) is 95.2 Å². The molecule has 0 unspecified atom stereocenters. The van der Waals surface area contributed by atoms with E-state index in [2.05, 4.69) is 10.3 Å². The van der Waals surface area contributed by atoms with Crippen LogP contribution in [0.4, 0.5) is 5.69 Å². The van der Waals surface area contributed by atoms with Gasteiger partial charge in [0.25, 0.3) is 5.56 Å². The second-order valence-electron chi connectivity index (χ2n) is 6.86. The Balaban J connectivity index is 1.79. The minimum Gasteiger partial charge on any atom is -0.496 e. The number of aromatic nitrogens is 3. The van der Waals surface area contributed by atoms with Crippen LogP contribution < -0.4 is 21.3 Å². The van der Waals surface area contributed by atoms with Crippen molar-refractivity contribution in [1.82, 2.24) is 14.1 Å². The number of hydrogen-bond acceptors (Lipinski definition) is 5. The number of ether oxygens (including phenoxy) is 1. The van der Waals surface area contributed by atoms with Crippen LogP contribution in [0.3, 0.4) is 0 Å². The van der Waals surface area contributed by atoms with E-state index in [1.54, 1.807) is 54.6 Å². The maximum atomic E-state index is 13.3. The molecule has 0 atom stereocenters. The van der Waals surface area contributed by atoms with Crippen LogP contribution in [0.15, 0.2) is 82.5 Å². The van der Waals surface area contributed by atoms with Gasteiger partial charge in [0.15, 0.2) is 0 Å². The van der Waals surface area contributed by atoms with Crippen LogP contribution in [-0.2, 0) is 17.9 Å². The summed E-state index contributed by atoms with van der Waals surface area (Å²) in [6, 6.07) is 19.3. The molecule has 0 aliphatic heterocycles. The van der Waals surface area contributed by atoms with Gasteiger partial charge in [-0.3, -0.25) is 18.7 Å². The molecule has 0 saturated carbocycles. The van der Waals surface area contributed by atoms with Crippen molar-refractivity contribution in [1.29, 1.82) is 0 Å². The molecule has 0 spiro atoms. The minimum atomic E-state index is -0.620. The number of carbonyl (C=O) groups is 1. The summed E-state index contributed by atoms with van der Waals surface area (Å²) in [6.45, 7) is -0.278. The van der Waals surface area contributed by atoms with Gasteiger partial charge in [0.1, 0.15) is 17.9 Å². The van der Waals surface area contributed by atoms with Crippen molar-refractivity contribution in [2.45, 2.75) is 13.1 Å². The van der Waals surface area contributed by atoms with Crippen LogP contribution in [0.5, 0.6) is 5.75 Å².